The highest BCUT2D eigenvalue weighted by atomic mass is 32.2. The molecule has 1 amide bonds. The molecule has 0 saturated heterocycles. The van der Waals surface area contributed by atoms with Crippen LogP contribution in [0.2, 0.25) is 0 Å². The number of hydrogen-bond acceptors (Lipinski definition) is 4. The summed E-state index contributed by atoms with van der Waals surface area (Å²) in [7, 11) is -3.56. The predicted molar refractivity (Wildman–Crippen MR) is 95.0 cm³/mol. The minimum absolute atomic E-state index is 0.0146. The summed E-state index contributed by atoms with van der Waals surface area (Å²) in [6.45, 7) is 1.09. The normalized spacial score (nSPS) is 17.8. The standard InChI is InChI=1S/C18H26N2O4S/c21-18(12-14-4-2-1-3-5-14)19-9-10-20-25(22,23)16-6-7-17-15(13-16)8-11-24-17/h6-7,13-14,20H,1-5,8-12H2,(H,19,21). The fourth-order valence-electron chi connectivity index (χ4n) is 3.53. The Morgan fingerprint density at radius 1 is 1.16 bits per heavy atom. The van der Waals surface area contributed by atoms with Crippen LogP contribution in [0, 0.1) is 5.92 Å². The Morgan fingerprint density at radius 2 is 1.96 bits per heavy atom. The second-order valence-electron chi connectivity index (χ2n) is 6.82. The summed E-state index contributed by atoms with van der Waals surface area (Å²) in [4.78, 5) is 12.2. The van der Waals surface area contributed by atoms with Gasteiger partial charge < -0.3 is 10.1 Å². The molecule has 138 valence electrons. The molecule has 1 aromatic carbocycles. The minimum Gasteiger partial charge on any atom is -0.493 e. The molecule has 7 heteroatoms. The van der Waals surface area contributed by atoms with Gasteiger partial charge in [0.05, 0.1) is 11.5 Å². The molecule has 1 aliphatic heterocycles. The molecular weight excluding hydrogens is 340 g/mol. The molecule has 1 aromatic rings. The van der Waals surface area contributed by atoms with E-state index < -0.39 is 10.0 Å². The summed E-state index contributed by atoms with van der Waals surface area (Å²) in [6.07, 6.45) is 7.24. The molecule has 3 rings (SSSR count). The Labute approximate surface area is 149 Å². The molecule has 0 unspecified atom stereocenters. The number of benzene rings is 1. The molecule has 0 aromatic heterocycles. The molecule has 2 N–H and O–H groups in total. The van der Waals surface area contributed by atoms with E-state index in [9.17, 15) is 13.2 Å². The fourth-order valence-corrected chi connectivity index (χ4v) is 4.61. The van der Waals surface area contributed by atoms with Crippen LogP contribution in [-0.4, -0.2) is 34.0 Å². The number of hydrogen-bond donors (Lipinski definition) is 2. The molecule has 1 heterocycles. The van der Waals surface area contributed by atoms with Gasteiger partial charge in [0.1, 0.15) is 5.75 Å². The molecule has 1 saturated carbocycles. The lowest BCUT2D eigenvalue weighted by Gasteiger charge is -2.20. The van der Waals surface area contributed by atoms with Gasteiger partial charge in [-0.05, 0) is 42.5 Å². The van der Waals surface area contributed by atoms with Gasteiger partial charge in [0.2, 0.25) is 15.9 Å². The quantitative estimate of drug-likeness (QED) is 0.723. The fraction of sp³-hybridized carbons (Fsp3) is 0.611. The number of rotatable bonds is 7. The molecule has 0 spiro atoms. The largest absolute Gasteiger partial charge is 0.493 e. The van der Waals surface area contributed by atoms with E-state index >= 15 is 0 Å². The van der Waals surface area contributed by atoms with Crippen molar-refractivity contribution in [1.29, 1.82) is 0 Å². The zero-order valence-electron chi connectivity index (χ0n) is 14.4. The van der Waals surface area contributed by atoms with Crippen molar-refractivity contribution in [3.8, 4) is 5.75 Å². The maximum Gasteiger partial charge on any atom is 0.240 e. The van der Waals surface area contributed by atoms with E-state index in [2.05, 4.69) is 10.0 Å². The van der Waals surface area contributed by atoms with Gasteiger partial charge in [0, 0.05) is 25.9 Å². The van der Waals surface area contributed by atoms with Gasteiger partial charge in [0.25, 0.3) is 0 Å². The monoisotopic (exact) mass is 366 g/mol. The summed E-state index contributed by atoms with van der Waals surface area (Å²) in [5.41, 5.74) is 0.920. The summed E-state index contributed by atoms with van der Waals surface area (Å²) in [5, 5.41) is 2.81. The highest BCUT2D eigenvalue weighted by molar-refractivity contribution is 7.89. The third-order valence-corrected chi connectivity index (χ3v) is 6.37. The molecule has 1 fully saturated rings. The van der Waals surface area contributed by atoms with Crippen LogP contribution in [0.25, 0.3) is 0 Å². The lowest BCUT2D eigenvalue weighted by molar-refractivity contribution is -0.122. The van der Waals surface area contributed by atoms with Gasteiger partial charge in [0.15, 0.2) is 0 Å². The number of sulfonamides is 1. The Hall–Kier alpha value is -1.60. The van der Waals surface area contributed by atoms with Gasteiger partial charge >= 0.3 is 0 Å². The SMILES string of the molecule is O=C(CC1CCCCC1)NCCNS(=O)(=O)c1ccc2c(c1)CCO2. The van der Waals surface area contributed by atoms with Gasteiger partial charge in [-0.15, -0.1) is 0 Å². The highest BCUT2D eigenvalue weighted by Crippen LogP contribution is 2.27. The molecule has 1 aliphatic carbocycles. The first-order valence-electron chi connectivity index (χ1n) is 9.07. The number of amides is 1. The molecular formula is C18H26N2O4S. The maximum absolute atomic E-state index is 12.3. The highest BCUT2D eigenvalue weighted by Gasteiger charge is 2.19. The van der Waals surface area contributed by atoms with Crippen LogP contribution in [0.3, 0.4) is 0 Å². The average molecular weight is 366 g/mol. The predicted octanol–water partition coefficient (Wildman–Crippen LogP) is 1.99. The molecule has 6 nitrogen and oxygen atoms in total. The Morgan fingerprint density at radius 3 is 2.76 bits per heavy atom. The zero-order valence-corrected chi connectivity index (χ0v) is 15.2. The first-order chi connectivity index (χ1) is 12.0. The maximum atomic E-state index is 12.3. The topological polar surface area (TPSA) is 84.5 Å². The average Bonchev–Trinajstić information content (AvgIpc) is 3.07. The third kappa shape index (κ3) is 4.95. The van der Waals surface area contributed by atoms with Crippen LogP contribution < -0.4 is 14.8 Å². The van der Waals surface area contributed by atoms with Crippen LogP contribution in [0.4, 0.5) is 0 Å². The van der Waals surface area contributed by atoms with Crippen LogP contribution in [-0.2, 0) is 21.2 Å². The first kappa shape index (κ1) is 18.2. The second kappa shape index (κ2) is 8.19. The van der Waals surface area contributed by atoms with Crippen LogP contribution >= 0.6 is 0 Å². The van der Waals surface area contributed by atoms with Crippen molar-refractivity contribution in [3.63, 3.8) is 0 Å². The summed E-state index contributed by atoms with van der Waals surface area (Å²) >= 11 is 0. The van der Waals surface area contributed by atoms with Gasteiger partial charge in [-0.25, -0.2) is 13.1 Å². The molecule has 0 radical (unpaired) electrons. The van der Waals surface area contributed by atoms with Crippen molar-refractivity contribution in [1.82, 2.24) is 10.0 Å². The number of fused-ring (bicyclic) bond motifs is 1. The van der Waals surface area contributed by atoms with Crippen molar-refractivity contribution < 1.29 is 17.9 Å². The van der Waals surface area contributed by atoms with E-state index in [0.717, 1.165) is 30.6 Å². The van der Waals surface area contributed by atoms with E-state index in [0.29, 0.717) is 25.5 Å². The van der Waals surface area contributed by atoms with Gasteiger partial charge in [-0.2, -0.15) is 0 Å². The van der Waals surface area contributed by atoms with E-state index in [1.54, 1.807) is 18.2 Å². The number of ether oxygens (including phenoxy) is 1. The smallest absolute Gasteiger partial charge is 0.240 e. The molecule has 0 atom stereocenters. The number of carbonyl (C=O) groups excluding carboxylic acids is 1. The zero-order chi connectivity index (χ0) is 17.7. The minimum atomic E-state index is -3.56. The van der Waals surface area contributed by atoms with E-state index in [1.807, 2.05) is 0 Å². The van der Waals surface area contributed by atoms with Crippen molar-refractivity contribution in [2.24, 2.45) is 5.92 Å². The summed E-state index contributed by atoms with van der Waals surface area (Å²) < 4.78 is 32.6. The van der Waals surface area contributed by atoms with Crippen LogP contribution in [0.15, 0.2) is 23.1 Å². The summed E-state index contributed by atoms with van der Waals surface area (Å²) in [5.74, 6) is 1.26. The van der Waals surface area contributed by atoms with Crippen LogP contribution in [0.5, 0.6) is 5.75 Å². The van der Waals surface area contributed by atoms with Crippen molar-refractivity contribution in [2.75, 3.05) is 19.7 Å². The lowest BCUT2D eigenvalue weighted by Crippen LogP contribution is -2.35. The van der Waals surface area contributed by atoms with E-state index in [1.165, 1.54) is 19.3 Å². The Kier molecular flexibility index (Phi) is 5.96. The molecule has 0 bridgehead atoms. The number of nitrogens with one attached hydrogen (secondary N) is 2. The van der Waals surface area contributed by atoms with Crippen molar-refractivity contribution in [3.05, 3.63) is 23.8 Å². The Balaban J connectivity index is 1.42. The van der Waals surface area contributed by atoms with Crippen molar-refractivity contribution >= 4 is 15.9 Å². The molecule has 25 heavy (non-hydrogen) atoms. The van der Waals surface area contributed by atoms with Gasteiger partial charge in [-0.3, -0.25) is 4.79 Å². The summed E-state index contributed by atoms with van der Waals surface area (Å²) in [6, 6.07) is 4.91. The van der Waals surface area contributed by atoms with E-state index in [4.69, 9.17) is 4.74 Å². The first-order valence-corrected chi connectivity index (χ1v) is 10.5. The van der Waals surface area contributed by atoms with Crippen molar-refractivity contribution in [2.45, 2.75) is 49.8 Å². The van der Waals surface area contributed by atoms with E-state index in [-0.39, 0.29) is 17.3 Å². The third-order valence-electron chi connectivity index (χ3n) is 4.91. The Bertz CT molecular complexity index is 712. The second-order valence-corrected chi connectivity index (χ2v) is 8.59. The molecule has 2 aliphatic rings. The van der Waals surface area contributed by atoms with Crippen LogP contribution in [0.1, 0.15) is 44.1 Å². The van der Waals surface area contributed by atoms with Gasteiger partial charge in [-0.1, -0.05) is 19.3 Å². The number of carbonyl (C=O) groups is 1. The lowest BCUT2D eigenvalue weighted by atomic mass is 9.87.